The van der Waals surface area contributed by atoms with Crippen LogP contribution in [0.15, 0.2) is 60.7 Å². The number of hydrogen-bond donors (Lipinski definition) is 1. The van der Waals surface area contributed by atoms with Crippen molar-refractivity contribution in [3.8, 4) is 0 Å². The SMILES string of the molecule is CCN.CP(c1ccccc1)c1ccccc1. The van der Waals surface area contributed by atoms with Gasteiger partial charge in [0.25, 0.3) is 0 Å². The zero-order valence-corrected chi connectivity index (χ0v) is 11.4. The van der Waals surface area contributed by atoms with Gasteiger partial charge in [0, 0.05) is 0 Å². The molecule has 0 spiro atoms. The van der Waals surface area contributed by atoms with Gasteiger partial charge in [-0.15, -0.1) is 0 Å². The van der Waals surface area contributed by atoms with Crippen molar-refractivity contribution in [3.63, 3.8) is 0 Å². The van der Waals surface area contributed by atoms with Crippen molar-refractivity contribution in [3.05, 3.63) is 60.7 Å². The van der Waals surface area contributed by atoms with Gasteiger partial charge in [-0.3, -0.25) is 0 Å². The molecule has 0 saturated carbocycles. The van der Waals surface area contributed by atoms with Crippen molar-refractivity contribution in [1.29, 1.82) is 0 Å². The van der Waals surface area contributed by atoms with Crippen LogP contribution in [0.3, 0.4) is 0 Å². The van der Waals surface area contributed by atoms with Crippen LogP contribution < -0.4 is 16.3 Å². The highest BCUT2D eigenvalue weighted by Crippen LogP contribution is 2.27. The normalized spacial score (nSPS) is 9.65. The Hall–Kier alpha value is -1.17. The fraction of sp³-hybridized carbons (Fsp3) is 0.200. The molecule has 0 amide bonds. The monoisotopic (exact) mass is 245 g/mol. The molecule has 0 heterocycles. The standard InChI is InChI=1S/C13H13P.C2H7N/c1-14(12-8-4-2-5-9-12)13-10-6-3-7-11-13;1-2-3/h2-11H,1H3;2-3H2,1H3. The Morgan fingerprint density at radius 3 is 1.41 bits per heavy atom. The maximum absolute atomic E-state index is 4.85. The molecule has 0 aliphatic carbocycles. The lowest BCUT2D eigenvalue weighted by Crippen LogP contribution is -2.09. The van der Waals surface area contributed by atoms with Gasteiger partial charge in [-0.2, -0.15) is 0 Å². The molecule has 2 rings (SSSR count). The summed E-state index contributed by atoms with van der Waals surface area (Å²) in [5.41, 5.74) is 4.85. The van der Waals surface area contributed by atoms with Crippen LogP contribution in [0.25, 0.3) is 0 Å². The minimum absolute atomic E-state index is 0.171. The van der Waals surface area contributed by atoms with E-state index in [4.69, 9.17) is 5.73 Å². The summed E-state index contributed by atoms with van der Waals surface area (Å²) in [7, 11) is -0.171. The second-order valence-electron chi connectivity index (χ2n) is 3.64. The molecule has 0 unspecified atom stereocenters. The first-order valence-electron chi connectivity index (χ1n) is 5.83. The van der Waals surface area contributed by atoms with E-state index in [1.165, 1.54) is 10.6 Å². The fourth-order valence-corrected chi connectivity index (χ4v) is 2.99. The van der Waals surface area contributed by atoms with Gasteiger partial charge in [0.15, 0.2) is 0 Å². The lowest BCUT2D eigenvalue weighted by molar-refractivity contribution is 1.14. The van der Waals surface area contributed by atoms with Crippen molar-refractivity contribution in [2.75, 3.05) is 13.2 Å². The second-order valence-corrected chi connectivity index (χ2v) is 5.79. The Balaban J connectivity index is 0.000000437. The summed E-state index contributed by atoms with van der Waals surface area (Å²) in [5, 5.41) is 2.88. The second kappa shape index (κ2) is 8.00. The minimum atomic E-state index is -0.171. The van der Waals surface area contributed by atoms with E-state index in [1.807, 2.05) is 6.92 Å². The highest BCUT2D eigenvalue weighted by atomic mass is 31.1. The predicted octanol–water partition coefficient (Wildman–Crippen LogP) is 2.71. The third-order valence-corrected chi connectivity index (χ3v) is 4.43. The Bertz CT molecular complexity index is 360. The van der Waals surface area contributed by atoms with Crippen LogP contribution in [-0.2, 0) is 0 Å². The molecular formula is C15H20NP. The summed E-state index contributed by atoms with van der Waals surface area (Å²) in [6.45, 7) is 4.96. The molecular weight excluding hydrogens is 225 g/mol. The molecule has 0 saturated heterocycles. The number of hydrogen-bond acceptors (Lipinski definition) is 1. The summed E-state index contributed by atoms with van der Waals surface area (Å²) in [4.78, 5) is 0. The molecule has 17 heavy (non-hydrogen) atoms. The molecule has 90 valence electrons. The first-order valence-corrected chi connectivity index (χ1v) is 7.62. The van der Waals surface area contributed by atoms with Crippen LogP contribution in [-0.4, -0.2) is 13.2 Å². The van der Waals surface area contributed by atoms with Crippen molar-refractivity contribution in [2.24, 2.45) is 5.73 Å². The number of nitrogens with two attached hydrogens (primary N) is 1. The summed E-state index contributed by atoms with van der Waals surface area (Å²) < 4.78 is 0. The van der Waals surface area contributed by atoms with E-state index in [0.29, 0.717) is 0 Å². The number of benzene rings is 2. The van der Waals surface area contributed by atoms with Crippen molar-refractivity contribution in [2.45, 2.75) is 6.92 Å². The molecule has 2 heteroatoms. The zero-order chi connectivity index (χ0) is 12.5. The van der Waals surface area contributed by atoms with Gasteiger partial charge in [0.05, 0.1) is 0 Å². The molecule has 0 aliphatic heterocycles. The predicted molar refractivity (Wildman–Crippen MR) is 79.7 cm³/mol. The molecule has 0 bridgehead atoms. The molecule has 0 atom stereocenters. The minimum Gasteiger partial charge on any atom is -0.331 e. The third-order valence-electron chi connectivity index (χ3n) is 2.29. The van der Waals surface area contributed by atoms with Gasteiger partial charge >= 0.3 is 0 Å². The van der Waals surface area contributed by atoms with Crippen molar-refractivity contribution in [1.82, 2.24) is 0 Å². The van der Waals surface area contributed by atoms with Gasteiger partial charge < -0.3 is 5.73 Å². The third kappa shape index (κ3) is 4.68. The molecule has 2 aromatic rings. The van der Waals surface area contributed by atoms with E-state index in [2.05, 4.69) is 67.3 Å². The highest BCUT2D eigenvalue weighted by molar-refractivity contribution is 7.72. The lowest BCUT2D eigenvalue weighted by atomic mass is 10.4. The molecule has 0 radical (unpaired) electrons. The van der Waals surface area contributed by atoms with E-state index >= 15 is 0 Å². The van der Waals surface area contributed by atoms with Crippen LogP contribution in [0.5, 0.6) is 0 Å². The Morgan fingerprint density at radius 2 is 1.12 bits per heavy atom. The topological polar surface area (TPSA) is 26.0 Å². The van der Waals surface area contributed by atoms with E-state index in [-0.39, 0.29) is 7.92 Å². The van der Waals surface area contributed by atoms with Crippen molar-refractivity contribution >= 4 is 18.5 Å². The summed E-state index contributed by atoms with van der Waals surface area (Å²) in [5.74, 6) is 0. The summed E-state index contributed by atoms with van der Waals surface area (Å²) >= 11 is 0. The zero-order valence-electron chi connectivity index (χ0n) is 10.5. The Morgan fingerprint density at radius 1 is 0.824 bits per heavy atom. The summed E-state index contributed by atoms with van der Waals surface area (Å²) in [6, 6.07) is 21.4. The Labute approximate surface area is 105 Å². The molecule has 0 aliphatic rings. The lowest BCUT2D eigenvalue weighted by Gasteiger charge is -2.12. The van der Waals surface area contributed by atoms with E-state index in [9.17, 15) is 0 Å². The van der Waals surface area contributed by atoms with E-state index in [0.717, 1.165) is 6.54 Å². The molecule has 0 fully saturated rings. The highest BCUT2D eigenvalue weighted by Gasteiger charge is 2.05. The van der Waals surface area contributed by atoms with Crippen LogP contribution in [0.4, 0.5) is 0 Å². The average Bonchev–Trinajstić information content (AvgIpc) is 2.41. The smallest absolute Gasteiger partial charge is 0.0106 e. The van der Waals surface area contributed by atoms with E-state index in [1.54, 1.807) is 0 Å². The number of rotatable bonds is 2. The molecule has 2 N–H and O–H groups in total. The van der Waals surface area contributed by atoms with Crippen molar-refractivity contribution < 1.29 is 0 Å². The largest absolute Gasteiger partial charge is 0.331 e. The van der Waals surface area contributed by atoms with Gasteiger partial charge in [-0.25, -0.2) is 0 Å². The quantitative estimate of drug-likeness (QED) is 0.809. The maximum atomic E-state index is 4.85. The first kappa shape index (κ1) is 13.9. The molecule has 1 nitrogen and oxygen atoms in total. The van der Waals surface area contributed by atoms with Gasteiger partial charge in [-0.1, -0.05) is 67.6 Å². The van der Waals surface area contributed by atoms with Gasteiger partial charge in [-0.05, 0) is 31.7 Å². The summed E-state index contributed by atoms with van der Waals surface area (Å²) in [6.07, 6.45) is 0. The molecule has 2 aromatic carbocycles. The van der Waals surface area contributed by atoms with Gasteiger partial charge in [0.1, 0.15) is 0 Å². The van der Waals surface area contributed by atoms with Crippen LogP contribution >= 0.6 is 7.92 Å². The first-order chi connectivity index (χ1) is 8.29. The Kier molecular flexibility index (Phi) is 6.54. The van der Waals surface area contributed by atoms with E-state index < -0.39 is 0 Å². The molecule has 0 aromatic heterocycles. The van der Waals surface area contributed by atoms with Crippen LogP contribution in [0.2, 0.25) is 0 Å². The van der Waals surface area contributed by atoms with Crippen LogP contribution in [0.1, 0.15) is 6.92 Å². The average molecular weight is 245 g/mol. The fourth-order valence-electron chi connectivity index (χ4n) is 1.45. The maximum Gasteiger partial charge on any atom is -0.0106 e. The van der Waals surface area contributed by atoms with Gasteiger partial charge in [0.2, 0.25) is 0 Å². The van der Waals surface area contributed by atoms with Crippen LogP contribution in [0, 0.1) is 0 Å².